The van der Waals surface area contributed by atoms with E-state index in [9.17, 15) is 19.3 Å². The molecule has 0 heterocycles. The lowest BCUT2D eigenvalue weighted by molar-refractivity contribution is -0.385. The number of nitro benzene ring substituents is 1. The Morgan fingerprint density at radius 1 is 1.39 bits per heavy atom. The Morgan fingerprint density at radius 2 is 2.06 bits per heavy atom. The molecule has 0 bridgehead atoms. The van der Waals surface area contributed by atoms with Crippen LogP contribution in [-0.2, 0) is 0 Å². The van der Waals surface area contributed by atoms with Crippen LogP contribution in [0.2, 0.25) is 0 Å². The predicted octanol–water partition coefficient (Wildman–Crippen LogP) is 2.41. The molecule has 1 N–H and O–H groups in total. The maximum Gasteiger partial charge on any atom is 0.282 e. The lowest BCUT2D eigenvalue weighted by atomic mass is 10.1. The second kappa shape index (κ2) is 5.12. The number of hydrogen-bond donors (Lipinski definition) is 1. The fourth-order valence-corrected chi connectivity index (χ4v) is 2.18. The van der Waals surface area contributed by atoms with E-state index in [4.69, 9.17) is 0 Å². The number of halogens is 1. The van der Waals surface area contributed by atoms with Crippen molar-refractivity contribution in [1.82, 2.24) is 5.32 Å². The number of carbonyl (C=O) groups is 1. The van der Waals surface area contributed by atoms with Crippen molar-refractivity contribution in [3.05, 3.63) is 39.7 Å². The molecule has 0 aliphatic heterocycles. The molecule has 1 fully saturated rings. The number of nitro groups is 1. The number of carbonyl (C=O) groups excluding carboxylic acids is 1. The molecule has 0 spiro atoms. The van der Waals surface area contributed by atoms with Gasteiger partial charge in [-0.15, -0.1) is 0 Å². The average molecular weight is 252 g/mol. The normalized spacial score (nSPS) is 15.6. The minimum atomic E-state index is -0.678. The molecule has 0 saturated heterocycles. The van der Waals surface area contributed by atoms with Gasteiger partial charge in [-0.05, 0) is 25.0 Å². The topological polar surface area (TPSA) is 72.2 Å². The van der Waals surface area contributed by atoms with Crippen molar-refractivity contribution in [1.29, 1.82) is 0 Å². The quantitative estimate of drug-likeness (QED) is 0.663. The lowest BCUT2D eigenvalue weighted by Crippen LogP contribution is -2.33. The zero-order valence-electron chi connectivity index (χ0n) is 9.69. The molecule has 1 saturated carbocycles. The summed E-state index contributed by atoms with van der Waals surface area (Å²) in [5.41, 5.74) is -0.584. The van der Waals surface area contributed by atoms with Crippen LogP contribution in [0.4, 0.5) is 10.1 Å². The van der Waals surface area contributed by atoms with Crippen LogP contribution in [0.1, 0.15) is 36.0 Å². The first kappa shape index (κ1) is 12.5. The van der Waals surface area contributed by atoms with Crippen LogP contribution in [0.3, 0.4) is 0 Å². The molecular weight excluding hydrogens is 239 g/mol. The third-order valence-electron chi connectivity index (χ3n) is 3.09. The molecule has 1 aliphatic rings. The molecule has 5 nitrogen and oxygen atoms in total. The zero-order chi connectivity index (χ0) is 13.1. The summed E-state index contributed by atoms with van der Waals surface area (Å²) in [7, 11) is 0. The zero-order valence-corrected chi connectivity index (χ0v) is 9.69. The smallest absolute Gasteiger partial charge is 0.282 e. The molecule has 1 amide bonds. The fraction of sp³-hybridized carbons (Fsp3) is 0.417. The Balaban J connectivity index is 2.22. The van der Waals surface area contributed by atoms with E-state index in [1.165, 1.54) is 0 Å². The standard InChI is InChI=1S/C12H13FN2O3/c13-8-5-6-11(15(17)18)10(7-8)12(16)14-9-3-1-2-4-9/h5-7,9H,1-4H2,(H,14,16). The van der Waals surface area contributed by atoms with E-state index in [0.717, 1.165) is 43.9 Å². The van der Waals surface area contributed by atoms with Crippen LogP contribution in [0.15, 0.2) is 18.2 Å². The Morgan fingerprint density at radius 3 is 2.67 bits per heavy atom. The Hall–Kier alpha value is -1.98. The number of nitrogens with zero attached hydrogens (tertiary/aromatic N) is 1. The Kier molecular flexibility index (Phi) is 3.55. The maximum atomic E-state index is 13.1. The second-order valence-electron chi connectivity index (χ2n) is 4.37. The van der Waals surface area contributed by atoms with Gasteiger partial charge in [0.05, 0.1) is 4.92 Å². The van der Waals surface area contributed by atoms with Gasteiger partial charge in [0.25, 0.3) is 11.6 Å². The van der Waals surface area contributed by atoms with Crippen LogP contribution in [0, 0.1) is 15.9 Å². The van der Waals surface area contributed by atoms with Crippen LogP contribution in [0.25, 0.3) is 0 Å². The van der Waals surface area contributed by atoms with Crippen LogP contribution >= 0.6 is 0 Å². The summed E-state index contributed by atoms with van der Waals surface area (Å²) in [6, 6.07) is 2.94. The van der Waals surface area contributed by atoms with Crippen LogP contribution in [0.5, 0.6) is 0 Å². The molecule has 1 aromatic rings. The van der Waals surface area contributed by atoms with Gasteiger partial charge in [-0.2, -0.15) is 0 Å². The van der Waals surface area contributed by atoms with E-state index in [1.807, 2.05) is 0 Å². The fourth-order valence-electron chi connectivity index (χ4n) is 2.18. The summed E-state index contributed by atoms with van der Waals surface area (Å²) in [5, 5.41) is 13.5. The minimum absolute atomic E-state index is 0.0420. The van der Waals surface area contributed by atoms with Gasteiger partial charge in [-0.3, -0.25) is 14.9 Å². The number of benzene rings is 1. The summed E-state index contributed by atoms with van der Waals surface area (Å²) < 4.78 is 13.1. The highest BCUT2D eigenvalue weighted by Gasteiger charge is 2.24. The highest BCUT2D eigenvalue weighted by Crippen LogP contribution is 2.22. The van der Waals surface area contributed by atoms with Crippen molar-refractivity contribution >= 4 is 11.6 Å². The summed E-state index contributed by atoms with van der Waals surface area (Å²) in [6.45, 7) is 0. The summed E-state index contributed by atoms with van der Waals surface area (Å²) in [5.74, 6) is -1.23. The van der Waals surface area contributed by atoms with E-state index >= 15 is 0 Å². The average Bonchev–Trinajstić information content (AvgIpc) is 2.81. The highest BCUT2D eigenvalue weighted by atomic mass is 19.1. The van der Waals surface area contributed by atoms with Crippen molar-refractivity contribution in [2.24, 2.45) is 0 Å². The summed E-state index contributed by atoms with van der Waals surface area (Å²) in [4.78, 5) is 22.0. The van der Waals surface area contributed by atoms with Crippen molar-refractivity contribution in [2.75, 3.05) is 0 Å². The third-order valence-corrected chi connectivity index (χ3v) is 3.09. The van der Waals surface area contributed by atoms with E-state index in [0.29, 0.717) is 0 Å². The number of amides is 1. The van der Waals surface area contributed by atoms with Gasteiger partial charge in [-0.25, -0.2) is 4.39 Å². The molecule has 0 unspecified atom stereocenters. The highest BCUT2D eigenvalue weighted by molar-refractivity contribution is 5.98. The molecular formula is C12H13FN2O3. The summed E-state index contributed by atoms with van der Waals surface area (Å²) >= 11 is 0. The number of hydrogen-bond acceptors (Lipinski definition) is 3. The van der Waals surface area contributed by atoms with E-state index in [1.54, 1.807) is 0 Å². The minimum Gasteiger partial charge on any atom is -0.349 e. The predicted molar refractivity (Wildman–Crippen MR) is 62.8 cm³/mol. The Bertz CT molecular complexity index is 484. The maximum absolute atomic E-state index is 13.1. The first-order valence-corrected chi connectivity index (χ1v) is 5.83. The van der Waals surface area contributed by atoms with Crippen LogP contribution in [-0.4, -0.2) is 16.9 Å². The third kappa shape index (κ3) is 2.64. The van der Waals surface area contributed by atoms with Gasteiger partial charge in [0.2, 0.25) is 0 Å². The first-order chi connectivity index (χ1) is 8.58. The van der Waals surface area contributed by atoms with E-state index in [2.05, 4.69) is 5.32 Å². The van der Waals surface area contributed by atoms with E-state index in [-0.39, 0.29) is 17.3 Å². The second-order valence-corrected chi connectivity index (χ2v) is 4.37. The molecule has 0 radical (unpaired) electrons. The van der Waals surface area contributed by atoms with Gasteiger partial charge in [0, 0.05) is 12.1 Å². The largest absolute Gasteiger partial charge is 0.349 e. The molecule has 2 rings (SSSR count). The molecule has 1 aliphatic carbocycles. The van der Waals surface area contributed by atoms with Gasteiger partial charge in [-0.1, -0.05) is 12.8 Å². The van der Waals surface area contributed by atoms with Gasteiger partial charge in [0.1, 0.15) is 11.4 Å². The van der Waals surface area contributed by atoms with Crippen molar-refractivity contribution < 1.29 is 14.1 Å². The van der Waals surface area contributed by atoms with Gasteiger partial charge < -0.3 is 5.32 Å². The van der Waals surface area contributed by atoms with Crippen LogP contribution < -0.4 is 5.32 Å². The molecule has 0 aromatic heterocycles. The van der Waals surface area contributed by atoms with Crippen molar-refractivity contribution in [3.63, 3.8) is 0 Å². The van der Waals surface area contributed by atoms with Gasteiger partial charge >= 0.3 is 0 Å². The van der Waals surface area contributed by atoms with E-state index < -0.39 is 16.6 Å². The van der Waals surface area contributed by atoms with Crippen molar-refractivity contribution in [2.45, 2.75) is 31.7 Å². The van der Waals surface area contributed by atoms with Gasteiger partial charge in [0.15, 0.2) is 0 Å². The molecule has 1 aromatic carbocycles. The molecule has 18 heavy (non-hydrogen) atoms. The lowest BCUT2D eigenvalue weighted by Gasteiger charge is -2.11. The number of nitrogens with one attached hydrogen (secondary N) is 1. The SMILES string of the molecule is O=C(NC1CCCC1)c1cc(F)ccc1[N+](=O)[O-]. The monoisotopic (exact) mass is 252 g/mol. The first-order valence-electron chi connectivity index (χ1n) is 5.83. The molecule has 0 atom stereocenters. The molecule has 6 heteroatoms. The Labute approximate surface area is 103 Å². The molecule has 96 valence electrons. The summed E-state index contributed by atoms with van der Waals surface area (Å²) in [6.07, 6.45) is 3.82. The van der Waals surface area contributed by atoms with Crippen molar-refractivity contribution in [3.8, 4) is 0 Å². The number of rotatable bonds is 3.